The zero-order valence-electron chi connectivity index (χ0n) is 10.9. The summed E-state index contributed by atoms with van der Waals surface area (Å²) in [5.74, 6) is 0. The number of halogens is 1. The molecule has 0 atom stereocenters. The van der Waals surface area contributed by atoms with Gasteiger partial charge in [-0.1, -0.05) is 35.9 Å². The van der Waals surface area contributed by atoms with Gasteiger partial charge in [-0.25, -0.2) is 0 Å². The van der Waals surface area contributed by atoms with E-state index < -0.39 is 0 Å². The van der Waals surface area contributed by atoms with E-state index in [1.807, 2.05) is 36.7 Å². The highest BCUT2D eigenvalue weighted by Crippen LogP contribution is 2.33. The van der Waals surface area contributed by atoms with Gasteiger partial charge in [0.1, 0.15) is 5.16 Å². The maximum Gasteiger partial charge on any atom is 0.105 e. The minimum Gasteiger partial charge on any atom is -0.347 e. The summed E-state index contributed by atoms with van der Waals surface area (Å²) in [7, 11) is 0. The van der Waals surface area contributed by atoms with E-state index >= 15 is 0 Å². The Labute approximate surface area is 123 Å². The smallest absolute Gasteiger partial charge is 0.105 e. The second kappa shape index (κ2) is 5.88. The highest BCUT2D eigenvalue weighted by molar-refractivity contribution is 6.29. The third kappa shape index (κ3) is 2.58. The van der Waals surface area contributed by atoms with Gasteiger partial charge in [0.25, 0.3) is 0 Å². The Balaban J connectivity index is 2.05. The van der Waals surface area contributed by atoms with Crippen molar-refractivity contribution in [3.8, 4) is 0 Å². The van der Waals surface area contributed by atoms with Crippen molar-refractivity contribution in [1.29, 1.82) is 0 Å². The molecule has 0 radical (unpaired) electrons. The molecule has 0 aliphatic carbocycles. The van der Waals surface area contributed by atoms with Crippen molar-refractivity contribution >= 4 is 11.6 Å². The second-order valence-electron chi connectivity index (χ2n) is 4.55. The Hall–Kier alpha value is -2.13. The van der Waals surface area contributed by atoms with Gasteiger partial charge >= 0.3 is 0 Å². The van der Waals surface area contributed by atoms with Crippen LogP contribution in [0.1, 0.15) is 17.2 Å². The van der Waals surface area contributed by atoms with Crippen molar-refractivity contribution in [2.45, 2.75) is 6.04 Å². The molecule has 3 nitrogen and oxygen atoms in total. The van der Waals surface area contributed by atoms with Gasteiger partial charge < -0.3 is 4.90 Å². The first-order valence-corrected chi connectivity index (χ1v) is 6.83. The fraction of sp³-hybridized carbons (Fsp3) is 0.125. The monoisotopic (exact) mass is 283 g/mol. The van der Waals surface area contributed by atoms with Crippen molar-refractivity contribution < 1.29 is 0 Å². The van der Waals surface area contributed by atoms with Crippen molar-refractivity contribution in [2.24, 2.45) is 0 Å². The lowest BCUT2D eigenvalue weighted by atomic mass is 10.00. The molecule has 1 aliphatic rings. The molecule has 0 N–H and O–H groups in total. The summed E-state index contributed by atoms with van der Waals surface area (Å²) in [6.07, 6.45) is 13.3. The van der Waals surface area contributed by atoms with Gasteiger partial charge in [-0.3, -0.25) is 9.97 Å². The largest absolute Gasteiger partial charge is 0.347 e. The summed E-state index contributed by atoms with van der Waals surface area (Å²) < 4.78 is 0. The lowest BCUT2D eigenvalue weighted by Gasteiger charge is -2.33. The van der Waals surface area contributed by atoms with E-state index in [2.05, 4.69) is 33.1 Å². The summed E-state index contributed by atoms with van der Waals surface area (Å²) in [5.41, 5.74) is 2.20. The van der Waals surface area contributed by atoms with E-state index in [0.29, 0.717) is 0 Å². The molecule has 0 amide bonds. The maximum atomic E-state index is 6.37. The van der Waals surface area contributed by atoms with Crippen molar-refractivity contribution in [2.75, 3.05) is 6.54 Å². The quantitative estimate of drug-likeness (QED) is 0.807. The van der Waals surface area contributed by atoms with Crippen LogP contribution in [0.15, 0.2) is 72.4 Å². The third-order valence-corrected chi connectivity index (χ3v) is 3.60. The highest BCUT2D eigenvalue weighted by Gasteiger charge is 2.24. The number of hydrogen-bond donors (Lipinski definition) is 0. The molecule has 2 aromatic heterocycles. The van der Waals surface area contributed by atoms with E-state index in [1.165, 1.54) is 0 Å². The minimum absolute atomic E-state index is 0.0195. The average Bonchev–Trinajstić information content (AvgIpc) is 2.52. The second-order valence-corrected chi connectivity index (χ2v) is 4.93. The first kappa shape index (κ1) is 12.9. The Morgan fingerprint density at radius 2 is 1.70 bits per heavy atom. The van der Waals surface area contributed by atoms with Gasteiger partial charge in [0, 0.05) is 31.3 Å². The summed E-state index contributed by atoms with van der Waals surface area (Å²) in [4.78, 5) is 10.6. The summed E-state index contributed by atoms with van der Waals surface area (Å²) in [5, 5.41) is 0.727. The van der Waals surface area contributed by atoms with Gasteiger partial charge in [-0.15, -0.1) is 0 Å². The van der Waals surface area contributed by atoms with Crippen LogP contribution in [0.5, 0.6) is 0 Å². The predicted octanol–water partition coefficient (Wildman–Crippen LogP) is 3.52. The van der Waals surface area contributed by atoms with E-state index in [-0.39, 0.29) is 6.04 Å². The molecule has 0 fully saturated rings. The molecule has 3 rings (SSSR count). The molecule has 0 spiro atoms. The molecule has 1 aliphatic heterocycles. The van der Waals surface area contributed by atoms with Crippen molar-refractivity contribution in [3.05, 3.63) is 83.6 Å². The maximum absolute atomic E-state index is 6.37. The average molecular weight is 284 g/mol. The normalized spacial score (nSPS) is 14.5. The molecule has 2 aromatic rings. The number of allylic oxidation sites excluding steroid dienone is 2. The van der Waals surface area contributed by atoms with Crippen LogP contribution in [-0.2, 0) is 0 Å². The minimum atomic E-state index is 0.0195. The zero-order chi connectivity index (χ0) is 13.8. The fourth-order valence-electron chi connectivity index (χ4n) is 2.36. The predicted molar refractivity (Wildman–Crippen MR) is 80.1 cm³/mol. The van der Waals surface area contributed by atoms with Crippen LogP contribution in [0.25, 0.3) is 0 Å². The molecular formula is C16H14ClN3. The lowest BCUT2D eigenvalue weighted by Crippen LogP contribution is -2.29. The van der Waals surface area contributed by atoms with Crippen LogP contribution in [0.4, 0.5) is 0 Å². The molecular weight excluding hydrogens is 270 g/mol. The van der Waals surface area contributed by atoms with Crippen LogP contribution in [0.2, 0.25) is 0 Å². The third-order valence-electron chi connectivity index (χ3n) is 3.26. The van der Waals surface area contributed by atoms with Crippen LogP contribution in [0, 0.1) is 0 Å². The highest BCUT2D eigenvalue weighted by atomic mass is 35.5. The number of rotatable bonds is 3. The van der Waals surface area contributed by atoms with Gasteiger partial charge in [0.05, 0.1) is 6.04 Å². The van der Waals surface area contributed by atoms with E-state index in [4.69, 9.17) is 11.6 Å². The molecule has 4 heteroatoms. The Morgan fingerprint density at radius 1 is 1.05 bits per heavy atom. The first-order chi connectivity index (χ1) is 9.86. The lowest BCUT2D eigenvalue weighted by molar-refractivity contribution is 0.334. The summed E-state index contributed by atoms with van der Waals surface area (Å²) in [6.45, 7) is 0.768. The standard InChI is InChI=1S/C16H14ClN3/c17-15-7-1-2-10-20(15)16(13-5-3-8-18-11-13)14-6-4-9-19-12-14/h1-9,11-12,16H,10H2. The Morgan fingerprint density at radius 3 is 2.20 bits per heavy atom. The van der Waals surface area contributed by atoms with Crippen LogP contribution < -0.4 is 0 Å². The molecule has 100 valence electrons. The summed E-state index contributed by atoms with van der Waals surface area (Å²) in [6, 6.07) is 8.03. The number of pyridine rings is 2. The molecule has 3 heterocycles. The van der Waals surface area contributed by atoms with E-state index in [0.717, 1.165) is 22.8 Å². The first-order valence-electron chi connectivity index (χ1n) is 6.45. The fourth-order valence-corrected chi connectivity index (χ4v) is 2.60. The van der Waals surface area contributed by atoms with Crippen molar-refractivity contribution in [3.63, 3.8) is 0 Å². The molecule has 0 saturated heterocycles. The van der Waals surface area contributed by atoms with Gasteiger partial charge in [-0.05, 0) is 29.3 Å². The SMILES string of the molecule is ClC1=CC=CCN1C(c1cccnc1)c1cccnc1. The van der Waals surface area contributed by atoms with Crippen LogP contribution >= 0.6 is 11.6 Å². The van der Waals surface area contributed by atoms with Crippen LogP contribution in [-0.4, -0.2) is 21.4 Å². The summed E-state index contributed by atoms with van der Waals surface area (Å²) >= 11 is 6.37. The zero-order valence-corrected chi connectivity index (χ0v) is 11.6. The van der Waals surface area contributed by atoms with Crippen LogP contribution in [0.3, 0.4) is 0 Å². The topological polar surface area (TPSA) is 29.0 Å². The van der Waals surface area contributed by atoms with E-state index in [1.54, 1.807) is 12.4 Å². The molecule has 0 saturated carbocycles. The van der Waals surface area contributed by atoms with Gasteiger partial charge in [0.15, 0.2) is 0 Å². The Kier molecular flexibility index (Phi) is 3.79. The number of nitrogens with zero attached hydrogens (tertiary/aromatic N) is 3. The number of hydrogen-bond acceptors (Lipinski definition) is 3. The van der Waals surface area contributed by atoms with Gasteiger partial charge in [0.2, 0.25) is 0 Å². The van der Waals surface area contributed by atoms with Gasteiger partial charge in [-0.2, -0.15) is 0 Å². The molecule has 0 bridgehead atoms. The molecule has 0 unspecified atom stereocenters. The Bertz CT molecular complexity index is 583. The molecule has 20 heavy (non-hydrogen) atoms. The van der Waals surface area contributed by atoms with E-state index in [9.17, 15) is 0 Å². The van der Waals surface area contributed by atoms with Crippen molar-refractivity contribution in [1.82, 2.24) is 14.9 Å². The molecule has 0 aromatic carbocycles. The number of aromatic nitrogens is 2.